The minimum atomic E-state index is -3.95. The van der Waals surface area contributed by atoms with Crippen LogP contribution in [0.4, 0.5) is 16.4 Å². The average Bonchev–Trinajstić information content (AvgIpc) is 1.98. The molecule has 0 unspecified atom stereocenters. The Morgan fingerprint density at radius 3 is 1.40 bits per heavy atom. The number of hydrogen-bond donors (Lipinski definition) is 0. The SMILES string of the molecule is C[Si](F)(F)CCCOCCC[Si](C)(F)F. The van der Waals surface area contributed by atoms with Crippen LogP contribution in [0.5, 0.6) is 0 Å². The van der Waals surface area contributed by atoms with Gasteiger partial charge in [0.1, 0.15) is 0 Å². The van der Waals surface area contributed by atoms with Crippen molar-refractivity contribution in [2.24, 2.45) is 0 Å². The van der Waals surface area contributed by atoms with Crippen molar-refractivity contribution in [2.75, 3.05) is 13.2 Å². The quantitative estimate of drug-likeness (QED) is 0.280. The lowest BCUT2D eigenvalue weighted by molar-refractivity contribution is 0.133. The van der Waals surface area contributed by atoms with Gasteiger partial charge in [0, 0.05) is 25.3 Å². The summed E-state index contributed by atoms with van der Waals surface area (Å²) in [4.78, 5) is 0. The van der Waals surface area contributed by atoms with Crippen LogP contribution in [-0.2, 0) is 4.74 Å². The third-order valence-electron chi connectivity index (χ3n) is 1.81. The summed E-state index contributed by atoms with van der Waals surface area (Å²) < 4.78 is 54.8. The maximum Gasteiger partial charge on any atom is 0.422 e. The maximum absolute atomic E-state index is 12.4. The van der Waals surface area contributed by atoms with Gasteiger partial charge in [0.15, 0.2) is 0 Å². The fraction of sp³-hybridized carbons (Fsp3) is 1.00. The topological polar surface area (TPSA) is 9.23 Å². The first-order valence-electron chi connectivity index (χ1n) is 5.04. The highest BCUT2D eigenvalue weighted by Gasteiger charge is 2.27. The number of hydrogen-bond acceptors (Lipinski definition) is 1. The van der Waals surface area contributed by atoms with Crippen molar-refractivity contribution in [1.29, 1.82) is 0 Å². The molecule has 0 saturated heterocycles. The molecule has 1 nitrogen and oxygen atoms in total. The predicted octanol–water partition coefficient (Wildman–Crippen LogP) is 3.81. The number of halogens is 4. The third-order valence-corrected chi connectivity index (χ3v) is 4.27. The zero-order valence-electron chi connectivity index (χ0n) is 9.16. The van der Waals surface area contributed by atoms with E-state index in [0.29, 0.717) is 12.8 Å². The summed E-state index contributed by atoms with van der Waals surface area (Å²) in [5, 5.41) is 0. The molecule has 0 bridgehead atoms. The first-order chi connectivity index (χ1) is 6.71. The Kier molecular flexibility index (Phi) is 6.69. The summed E-state index contributed by atoms with van der Waals surface area (Å²) in [5.74, 6) is 0. The van der Waals surface area contributed by atoms with Crippen molar-refractivity contribution < 1.29 is 21.2 Å². The number of rotatable bonds is 8. The summed E-state index contributed by atoms with van der Waals surface area (Å²) >= 11 is 0. The summed E-state index contributed by atoms with van der Waals surface area (Å²) in [6.45, 7) is 2.51. The van der Waals surface area contributed by atoms with Gasteiger partial charge in [-0.05, 0) is 25.9 Å². The van der Waals surface area contributed by atoms with Gasteiger partial charge in [0.25, 0.3) is 0 Å². The van der Waals surface area contributed by atoms with E-state index in [-0.39, 0.29) is 25.3 Å². The van der Waals surface area contributed by atoms with E-state index >= 15 is 0 Å². The van der Waals surface area contributed by atoms with Crippen LogP contribution in [0.1, 0.15) is 12.8 Å². The molecular weight excluding hydrogens is 244 g/mol. The molecular formula is C8H18F4OSi2. The van der Waals surface area contributed by atoms with Gasteiger partial charge >= 0.3 is 17.5 Å². The molecule has 92 valence electrons. The monoisotopic (exact) mass is 262 g/mol. The summed E-state index contributed by atoms with van der Waals surface area (Å²) in [6, 6.07) is -0.155. The summed E-state index contributed by atoms with van der Waals surface area (Å²) in [7, 11) is -7.90. The van der Waals surface area contributed by atoms with Crippen molar-refractivity contribution in [3.63, 3.8) is 0 Å². The Bertz CT molecular complexity index is 149. The van der Waals surface area contributed by atoms with Crippen molar-refractivity contribution in [3.05, 3.63) is 0 Å². The van der Waals surface area contributed by atoms with Crippen LogP contribution in [-0.4, -0.2) is 30.7 Å². The molecule has 0 spiro atoms. The van der Waals surface area contributed by atoms with Gasteiger partial charge in [0.2, 0.25) is 0 Å². The second kappa shape index (κ2) is 6.64. The van der Waals surface area contributed by atoms with E-state index in [4.69, 9.17) is 4.74 Å². The molecule has 0 aromatic rings. The maximum atomic E-state index is 12.4. The van der Waals surface area contributed by atoms with Gasteiger partial charge in [-0.2, -0.15) is 0 Å². The molecule has 0 aliphatic heterocycles. The van der Waals surface area contributed by atoms with Crippen LogP contribution >= 0.6 is 0 Å². The van der Waals surface area contributed by atoms with E-state index in [1.165, 1.54) is 0 Å². The molecule has 0 amide bonds. The smallest absolute Gasteiger partial charge is 0.381 e. The highest BCUT2D eigenvalue weighted by Crippen LogP contribution is 2.16. The molecule has 0 aliphatic carbocycles. The fourth-order valence-electron chi connectivity index (χ4n) is 1.07. The molecule has 0 fully saturated rings. The van der Waals surface area contributed by atoms with Crippen LogP contribution in [0.25, 0.3) is 0 Å². The van der Waals surface area contributed by atoms with Gasteiger partial charge in [-0.15, -0.1) is 0 Å². The largest absolute Gasteiger partial charge is 0.422 e. The van der Waals surface area contributed by atoms with Crippen molar-refractivity contribution in [2.45, 2.75) is 38.0 Å². The van der Waals surface area contributed by atoms with Gasteiger partial charge in [-0.25, -0.2) is 0 Å². The van der Waals surface area contributed by atoms with Gasteiger partial charge < -0.3 is 4.74 Å². The summed E-state index contributed by atoms with van der Waals surface area (Å²) in [5.41, 5.74) is 0. The molecule has 15 heavy (non-hydrogen) atoms. The second-order valence-electron chi connectivity index (χ2n) is 3.96. The Labute approximate surface area is 90.5 Å². The van der Waals surface area contributed by atoms with Gasteiger partial charge in [0.05, 0.1) is 0 Å². The minimum absolute atomic E-state index is 0.0777. The molecule has 7 heteroatoms. The minimum Gasteiger partial charge on any atom is -0.381 e. The van der Waals surface area contributed by atoms with E-state index < -0.39 is 17.5 Å². The van der Waals surface area contributed by atoms with Crippen LogP contribution in [0.15, 0.2) is 0 Å². The van der Waals surface area contributed by atoms with Gasteiger partial charge in [-0.3, -0.25) is 16.4 Å². The normalized spacial score (nSPS) is 13.2. The van der Waals surface area contributed by atoms with E-state index in [1.807, 2.05) is 0 Å². The molecule has 0 aromatic carbocycles. The van der Waals surface area contributed by atoms with Crippen LogP contribution < -0.4 is 0 Å². The van der Waals surface area contributed by atoms with Crippen LogP contribution in [0.3, 0.4) is 0 Å². The Hall–Kier alpha value is 0.114. The van der Waals surface area contributed by atoms with Crippen molar-refractivity contribution >= 4 is 17.5 Å². The Morgan fingerprint density at radius 1 is 0.800 bits per heavy atom. The molecule has 0 atom stereocenters. The lowest BCUT2D eigenvalue weighted by atomic mass is 10.5. The summed E-state index contributed by atoms with van der Waals surface area (Å²) in [6.07, 6.45) is 0.658. The molecule has 0 aromatic heterocycles. The first-order valence-corrected chi connectivity index (χ1v) is 9.97. The first kappa shape index (κ1) is 15.1. The molecule has 0 N–H and O–H groups in total. The third kappa shape index (κ3) is 14.1. The van der Waals surface area contributed by atoms with Crippen molar-refractivity contribution in [3.8, 4) is 0 Å². The van der Waals surface area contributed by atoms with Crippen LogP contribution in [0, 0.1) is 0 Å². The zero-order chi connectivity index (χ0) is 11.9. The van der Waals surface area contributed by atoms with Crippen LogP contribution in [0.2, 0.25) is 25.2 Å². The predicted molar refractivity (Wildman–Crippen MR) is 57.3 cm³/mol. The number of ether oxygens (including phenoxy) is 1. The molecule has 0 heterocycles. The zero-order valence-corrected chi connectivity index (χ0v) is 11.2. The van der Waals surface area contributed by atoms with E-state index in [2.05, 4.69) is 0 Å². The average molecular weight is 262 g/mol. The molecule has 0 radical (unpaired) electrons. The molecule has 0 rings (SSSR count). The van der Waals surface area contributed by atoms with Gasteiger partial charge in [-0.1, -0.05) is 0 Å². The standard InChI is InChI=1S/C8H18F4OSi2/c1-14(9,10)7-3-5-13-6-4-8-15(2,11)12/h3-8H2,1-2H3. The highest BCUT2D eigenvalue weighted by molar-refractivity contribution is 6.64. The Morgan fingerprint density at radius 2 is 1.13 bits per heavy atom. The van der Waals surface area contributed by atoms with Crippen molar-refractivity contribution in [1.82, 2.24) is 0 Å². The Balaban J connectivity index is 3.20. The van der Waals surface area contributed by atoms with E-state index in [0.717, 1.165) is 13.1 Å². The highest BCUT2D eigenvalue weighted by atomic mass is 28.4. The molecule has 0 aliphatic rings. The second-order valence-corrected chi connectivity index (χ2v) is 9.24. The van der Waals surface area contributed by atoms with E-state index in [9.17, 15) is 16.4 Å². The molecule has 0 saturated carbocycles. The lowest BCUT2D eigenvalue weighted by Crippen LogP contribution is -2.17. The lowest BCUT2D eigenvalue weighted by Gasteiger charge is -2.08. The fourth-order valence-corrected chi connectivity index (χ4v) is 2.60. The van der Waals surface area contributed by atoms with E-state index in [1.54, 1.807) is 0 Å².